The van der Waals surface area contributed by atoms with E-state index in [4.69, 9.17) is 14.2 Å². The summed E-state index contributed by atoms with van der Waals surface area (Å²) < 4.78 is 29.3. The fourth-order valence-electron chi connectivity index (χ4n) is 2.06. The molecule has 2 aromatic carbocycles. The van der Waals surface area contributed by atoms with Crippen LogP contribution in [0.3, 0.4) is 0 Å². The van der Waals surface area contributed by atoms with E-state index in [0.717, 1.165) is 6.07 Å². The topological polar surface area (TPSA) is 61.8 Å². The Hall–Kier alpha value is -2.99. The van der Waals surface area contributed by atoms with E-state index in [-0.39, 0.29) is 24.4 Å². The largest absolute Gasteiger partial charge is 0.426 e. The maximum Gasteiger partial charge on any atom is 0.338 e. The first-order valence-electron chi connectivity index (χ1n) is 7.88. The van der Waals surface area contributed by atoms with Gasteiger partial charge in [-0.15, -0.1) is 0 Å². The standard InChI is InChI=1S/C20H19FO5/c1-13(2)20(23)26-16-8-9-17(18(21)12-16)14-4-6-15(7-5-14)25-19(22)10-11-24-3/h4-9,12H,1,10-11H2,2-3H3. The molecular weight excluding hydrogens is 339 g/mol. The number of carbonyl (C=O) groups is 2. The predicted octanol–water partition coefficient (Wildman–Crippen LogP) is 3.92. The molecule has 0 radical (unpaired) electrons. The van der Waals surface area contributed by atoms with Crippen LogP contribution >= 0.6 is 0 Å². The summed E-state index contributed by atoms with van der Waals surface area (Å²) in [6, 6.07) is 10.6. The summed E-state index contributed by atoms with van der Waals surface area (Å²) in [5.74, 6) is -1.10. The number of halogens is 1. The molecule has 0 aliphatic heterocycles. The Morgan fingerprint density at radius 3 is 2.27 bits per heavy atom. The molecule has 2 aromatic rings. The zero-order chi connectivity index (χ0) is 19.1. The fraction of sp³-hybridized carbons (Fsp3) is 0.200. The van der Waals surface area contributed by atoms with Gasteiger partial charge in [0.2, 0.25) is 0 Å². The van der Waals surface area contributed by atoms with Crippen molar-refractivity contribution in [2.45, 2.75) is 13.3 Å². The third kappa shape index (κ3) is 5.26. The van der Waals surface area contributed by atoms with Gasteiger partial charge in [0.1, 0.15) is 17.3 Å². The van der Waals surface area contributed by atoms with Gasteiger partial charge in [-0.3, -0.25) is 4.79 Å². The maximum absolute atomic E-state index is 14.3. The van der Waals surface area contributed by atoms with E-state index in [2.05, 4.69) is 6.58 Å². The van der Waals surface area contributed by atoms with Crippen LogP contribution in [0.15, 0.2) is 54.6 Å². The summed E-state index contributed by atoms with van der Waals surface area (Å²) in [6.45, 7) is 5.27. The number of methoxy groups -OCH3 is 1. The third-order valence-corrected chi connectivity index (χ3v) is 3.41. The first-order chi connectivity index (χ1) is 12.4. The Morgan fingerprint density at radius 2 is 1.69 bits per heavy atom. The van der Waals surface area contributed by atoms with Gasteiger partial charge in [0.15, 0.2) is 0 Å². The van der Waals surface area contributed by atoms with Crippen molar-refractivity contribution in [1.82, 2.24) is 0 Å². The lowest BCUT2D eigenvalue weighted by Gasteiger charge is -2.09. The summed E-state index contributed by atoms with van der Waals surface area (Å²) in [6.07, 6.45) is 0.150. The molecule has 0 aliphatic rings. The van der Waals surface area contributed by atoms with E-state index in [0.29, 0.717) is 16.9 Å². The van der Waals surface area contributed by atoms with Crippen molar-refractivity contribution in [1.29, 1.82) is 0 Å². The Bertz CT molecular complexity index is 811. The first kappa shape index (κ1) is 19.3. The SMILES string of the molecule is C=C(C)C(=O)Oc1ccc(-c2ccc(OC(=O)CCOC)cc2)c(F)c1. The predicted molar refractivity (Wildman–Crippen MR) is 94.4 cm³/mol. The van der Waals surface area contributed by atoms with Crippen LogP contribution in [0.2, 0.25) is 0 Å². The van der Waals surface area contributed by atoms with E-state index in [9.17, 15) is 14.0 Å². The van der Waals surface area contributed by atoms with Crippen molar-refractivity contribution in [3.05, 3.63) is 60.4 Å². The van der Waals surface area contributed by atoms with Crippen LogP contribution in [0.4, 0.5) is 4.39 Å². The molecule has 0 aromatic heterocycles. The van der Waals surface area contributed by atoms with Gasteiger partial charge in [-0.1, -0.05) is 18.7 Å². The second kappa shape index (κ2) is 8.92. The number of benzene rings is 2. The molecule has 0 N–H and O–H groups in total. The highest BCUT2D eigenvalue weighted by atomic mass is 19.1. The van der Waals surface area contributed by atoms with Gasteiger partial charge in [-0.05, 0) is 36.8 Å². The minimum atomic E-state index is -0.614. The van der Waals surface area contributed by atoms with Crippen LogP contribution in [0, 0.1) is 5.82 Å². The Morgan fingerprint density at radius 1 is 1.04 bits per heavy atom. The van der Waals surface area contributed by atoms with Crippen molar-refractivity contribution < 1.29 is 28.2 Å². The zero-order valence-electron chi connectivity index (χ0n) is 14.6. The van der Waals surface area contributed by atoms with E-state index in [1.165, 1.54) is 26.2 Å². The lowest BCUT2D eigenvalue weighted by atomic mass is 10.0. The molecule has 0 aliphatic carbocycles. The lowest BCUT2D eigenvalue weighted by Crippen LogP contribution is -2.10. The highest BCUT2D eigenvalue weighted by Gasteiger charge is 2.11. The molecule has 136 valence electrons. The first-order valence-corrected chi connectivity index (χ1v) is 7.88. The lowest BCUT2D eigenvalue weighted by molar-refractivity contribution is -0.135. The quantitative estimate of drug-likeness (QED) is 0.426. The number of carbonyl (C=O) groups excluding carboxylic acids is 2. The Balaban J connectivity index is 2.10. The van der Waals surface area contributed by atoms with Crippen LogP contribution < -0.4 is 9.47 Å². The third-order valence-electron chi connectivity index (χ3n) is 3.41. The van der Waals surface area contributed by atoms with Crippen molar-refractivity contribution in [2.24, 2.45) is 0 Å². The summed E-state index contributed by atoms with van der Waals surface area (Å²) in [5.41, 5.74) is 1.15. The van der Waals surface area contributed by atoms with Crippen molar-refractivity contribution in [3.8, 4) is 22.6 Å². The van der Waals surface area contributed by atoms with Gasteiger partial charge < -0.3 is 14.2 Å². The fourth-order valence-corrected chi connectivity index (χ4v) is 2.06. The number of ether oxygens (including phenoxy) is 3. The molecule has 0 spiro atoms. The monoisotopic (exact) mass is 358 g/mol. The van der Waals surface area contributed by atoms with Crippen LogP contribution in [-0.4, -0.2) is 25.7 Å². The van der Waals surface area contributed by atoms with Crippen LogP contribution in [0.5, 0.6) is 11.5 Å². The molecule has 0 amide bonds. The molecule has 5 nitrogen and oxygen atoms in total. The number of rotatable bonds is 7. The summed E-state index contributed by atoms with van der Waals surface area (Å²) in [5, 5.41) is 0. The highest BCUT2D eigenvalue weighted by Crippen LogP contribution is 2.28. The molecule has 2 rings (SSSR count). The van der Waals surface area contributed by atoms with E-state index in [1.54, 1.807) is 24.3 Å². The molecular formula is C20H19FO5. The van der Waals surface area contributed by atoms with E-state index in [1.807, 2.05) is 0 Å². The highest BCUT2D eigenvalue weighted by molar-refractivity contribution is 5.88. The zero-order valence-corrected chi connectivity index (χ0v) is 14.6. The number of hydrogen-bond acceptors (Lipinski definition) is 5. The number of hydrogen-bond donors (Lipinski definition) is 0. The molecule has 0 bridgehead atoms. The van der Waals surface area contributed by atoms with Crippen LogP contribution in [-0.2, 0) is 14.3 Å². The van der Waals surface area contributed by atoms with Gasteiger partial charge in [0, 0.05) is 24.3 Å². The molecule has 0 saturated carbocycles. The summed E-state index contributed by atoms with van der Waals surface area (Å²) in [7, 11) is 1.50. The second-order valence-electron chi connectivity index (χ2n) is 5.55. The van der Waals surface area contributed by atoms with E-state index >= 15 is 0 Å². The van der Waals surface area contributed by atoms with Gasteiger partial charge in [0.05, 0.1) is 13.0 Å². The molecule has 0 unspecified atom stereocenters. The van der Waals surface area contributed by atoms with Crippen molar-refractivity contribution in [2.75, 3.05) is 13.7 Å². The summed E-state index contributed by atoms with van der Waals surface area (Å²) >= 11 is 0. The minimum absolute atomic E-state index is 0.0999. The Labute approximate surface area is 151 Å². The minimum Gasteiger partial charge on any atom is -0.426 e. The van der Waals surface area contributed by atoms with Gasteiger partial charge in [0.25, 0.3) is 0 Å². The average Bonchev–Trinajstić information content (AvgIpc) is 2.61. The maximum atomic E-state index is 14.3. The smallest absolute Gasteiger partial charge is 0.338 e. The molecule has 26 heavy (non-hydrogen) atoms. The van der Waals surface area contributed by atoms with Gasteiger partial charge in [-0.25, -0.2) is 9.18 Å². The van der Waals surface area contributed by atoms with Crippen LogP contribution in [0.1, 0.15) is 13.3 Å². The van der Waals surface area contributed by atoms with Gasteiger partial charge >= 0.3 is 11.9 Å². The van der Waals surface area contributed by atoms with Gasteiger partial charge in [-0.2, -0.15) is 0 Å². The number of esters is 2. The van der Waals surface area contributed by atoms with Crippen molar-refractivity contribution >= 4 is 11.9 Å². The normalized spacial score (nSPS) is 10.3. The molecule has 0 heterocycles. The molecule has 0 atom stereocenters. The molecule has 0 fully saturated rings. The Kier molecular flexibility index (Phi) is 6.63. The van der Waals surface area contributed by atoms with E-state index < -0.39 is 17.8 Å². The van der Waals surface area contributed by atoms with Crippen LogP contribution in [0.25, 0.3) is 11.1 Å². The molecule has 0 saturated heterocycles. The summed E-state index contributed by atoms with van der Waals surface area (Å²) in [4.78, 5) is 23.0. The molecule has 6 heteroatoms. The second-order valence-corrected chi connectivity index (χ2v) is 5.55. The van der Waals surface area contributed by atoms with Crippen molar-refractivity contribution in [3.63, 3.8) is 0 Å². The average molecular weight is 358 g/mol.